The number of carbonyl (C=O) groups is 1. The Balaban J connectivity index is 2.12. The van der Waals surface area contributed by atoms with Crippen LogP contribution in [0.5, 0.6) is 5.75 Å². The number of carbonyl (C=O) groups excluding carboxylic acids is 1. The predicted molar refractivity (Wildman–Crippen MR) is 90.6 cm³/mol. The van der Waals surface area contributed by atoms with Gasteiger partial charge in [0, 0.05) is 37.9 Å². The number of nitrogens with zero attached hydrogens (tertiary/aromatic N) is 2. The molecule has 1 heterocycles. The third-order valence-corrected chi connectivity index (χ3v) is 4.60. The van der Waals surface area contributed by atoms with Gasteiger partial charge in [0.15, 0.2) is 0 Å². The number of benzene rings is 1. The normalized spacial score (nSPS) is 18.2. The molecule has 1 saturated heterocycles. The zero-order chi connectivity index (χ0) is 16.1. The van der Waals surface area contributed by atoms with Gasteiger partial charge >= 0.3 is 0 Å². The summed E-state index contributed by atoms with van der Waals surface area (Å²) >= 11 is 0. The van der Waals surface area contributed by atoms with Crippen molar-refractivity contribution in [3.63, 3.8) is 0 Å². The van der Waals surface area contributed by atoms with Crippen molar-refractivity contribution in [2.45, 2.75) is 33.6 Å². The predicted octanol–water partition coefficient (Wildman–Crippen LogP) is 3.09. The minimum absolute atomic E-state index is 0.112. The van der Waals surface area contributed by atoms with E-state index in [1.54, 1.807) is 7.11 Å². The summed E-state index contributed by atoms with van der Waals surface area (Å²) in [7, 11) is 1.70. The summed E-state index contributed by atoms with van der Waals surface area (Å²) in [5.74, 6) is 1.32. The molecule has 4 nitrogen and oxygen atoms in total. The molecule has 1 unspecified atom stereocenters. The first-order valence-corrected chi connectivity index (χ1v) is 8.29. The van der Waals surface area contributed by atoms with Crippen LogP contribution in [0.25, 0.3) is 0 Å². The fourth-order valence-electron chi connectivity index (χ4n) is 3.21. The topological polar surface area (TPSA) is 32.8 Å². The largest absolute Gasteiger partial charge is 0.496 e. The molecule has 0 bridgehead atoms. The van der Waals surface area contributed by atoms with Crippen molar-refractivity contribution in [1.29, 1.82) is 0 Å². The molecule has 0 N–H and O–H groups in total. The number of hydrogen-bond donors (Lipinski definition) is 0. The molecule has 0 radical (unpaired) electrons. The SMILES string of the molecule is CCN(CC)C(=O)C1CCCN(c2ccc(C)c(OC)c2)C1. The minimum Gasteiger partial charge on any atom is -0.496 e. The second-order valence-electron chi connectivity index (χ2n) is 5.95. The van der Waals surface area contributed by atoms with Crippen LogP contribution in [0.2, 0.25) is 0 Å². The Hall–Kier alpha value is -1.71. The monoisotopic (exact) mass is 304 g/mol. The van der Waals surface area contributed by atoms with Crippen LogP contribution in [-0.2, 0) is 4.79 Å². The number of piperidine rings is 1. The molecular weight excluding hydrogens is 276 g/mol. The number of amides is 1. The zero-order valence-electron chi connectivity index (χ0n) is 14.3. The summed E-state index contributed by atoms with van der Waals surface area (Å²) in [6.45, 7) is 9.55. The molecule has 4 heteroatoms. The van der Waals surface area contributed by atoms with Crippen LogP contribution in [0.4, 0.5) is 5.69 Å². The highest BCUT2D eigenvalue weighted by molar-refractivity contribution is 5.79. The fraction of sp³-hybridized carbons (Fsp3) is 0.611. The summed E-state index contributed by atoms with van der Waals surface area (Å²) < 4.78 is 5.42. The van der Waals surface area contributed by atoms with Crippen molar-refractivity contribution in [3.05, 3.63) is 23.8 Å². The maximum absolute atomic E-state index is 12.6. The summed E-state index contributed by atoms with van der Waals surface area (Å²) in [5, 5.41) is 0. The molecule has 1 aromatic rings. The lowest BCUT2D eigenvalue weighted by atomic mass is 9.95. The van der Waals surface area contributed by atoms with Crippen LogP contribution < -0.4 is 9.64 Å². The first-order valence-electron chi connectivity index (χ1n) is 8.29. The van der Waals surface area contributed by atoms with Crippen molar-refractivity contribution in [2.24, 2.45) is 5.92 Å². The van der Waals surface area contributed by atoms with Gasteiger partial charge in [-0.05, 0) is 45.2 Å². The standard InChI is InChI=1S/C18H28N2O2/c1-5-19(6-2)18(21)15-8-7-11-20(13-15)16-10-9-14(3)17(12-16)22-4/h9-10,12,15H,5-8,11,13H2,1-4H3. The van der Waals surface area contributed by atoms with Crippen LogP contribution in [0.15, 0.2) is 18.2 Å². The lowest BCUT2D eigenvalue weighted by Gasteiger charge is -2.36. The Morgan fingerprint density at radius 2 is 2.09 bits per heavy atom. The van der Waals surface area contributed by atoms with E-state index < -0.39 is 0 Å². The Kier molecular flexibility index (Phi) is 5.69. The van der Waals surface area contributed by atoms with E-state index in [0.29, 0.717) is 5.91 Å². The lowest BCUT2D eigenvalue weighted by Crippen LogP contribution is -2.44. The van der Waals surface area contributed by atoms with Crippen LogP contribution in [0.1, 0.15) is 32.3 Å². The van der Waals surface area contributed by atoms with Gasteiger partial charge in [0.25, 0.3) is 0 Å². The number of anilines is 1. The Labute approximate surface area is 134 Å². The molecule has 122 valence electrons. The van der Waals surface area contributed by atoms with Crippen molar-refractivity contribution in [3.8, 4) is 5.75 Å². The van der Waals surface area contributed by atoms with Gasteiger partial charge in [0.1, 0.15) is 5.75 Å². The molecule has 0 saturated carbocycles. The number of rotatable bonds is 5. The highest BCUT2D eigenvalue weighted by Gasteiger charge is 2.28. The highest BCUT2D eigenvalue weighted by Crippen LogP contribution is 2.29. The maximum atomic E-state index is 12.6. The minimum atomic E-state index is 0.112. The van der Waals surface area contributed by atoms with Gasteiger partial charge < -0.3 is 14.5 Å². The summed E-state index contributed by atoms with van der Waals surface area (Å²) in [6, 6.07) is 6.30. The third kappa shape index (κ3) is 3.54. The molecule has 0 aromatic heterocycles. The highest BCUT2D eigenvalue weighted by atomic mass is 16.5. The maximum Gasteiger partial charge on any atom is 0.227 e. The van der Waals surface area contributed by atoms with Gasteiger partial charge in [-0.2, -0.15) is 0 Å². The number of hydrogen-bond acceptors (Lipinski definition) is 3. The molecule has 1 amide bonds. The van der Waals surface area contributed by atoms with Gasteiger partial charge in [0.05, 0.1) is 13.0 Å². The van der Waals surface area contributed by atoms with Gasteiger partial charge in [-0.15, -0.1) is 0 Å². The first kappa shape index (κ1) is 16.7. The summed E-state index contributed by atoms with van der Waals surface area (Å²) in [4.78, 5) is 16.9. The average molecular weight is 304 g/mol. The van der Waals surface area contributed by atoms with Gasteiger partial charge in [0.2, 0.25) is 5.91 Å². The van der Waals surface area contributed by atoms with Gasteiger partial charge in [-0.3, -0.25) is 4.79 Å². The van der Waals surface area contributed by atoms with E-state index in [1.165, 1.54) is 0 Å². The number of aryl methyl sites for hydroxylation is 1. The van der Waals surface area contributed by atoms with Gasteiger partial charge in [-0.25, -0.2) is 0 Å². The molecule has 22 heavy (non-hydrogen) atoms. The molecule has 1 aromatic carbocycles. The third-order valence-electron chi connectivity index (χ3n) is 4.60. The molecule has 1 atom stereocenters. The second-order valence-corrected chi connectivity index (χ2v) is 5.95. The Bertz CT molecular complexity index is 512. The van der Waals surface area contributed by atoms with E-state index >= 15 is 0 Å². The van der Waals surface area contributed by atoms with Crippen molar-refractivity contribution < 1.29 is 9.53 Å². The number of ether oxygens (including phenoxy) is 1. The zero-order valence-corrected chi connectivity index (χ0v) is 14.3. The first-order chi connectivity index (χ1) is 10.6. The van der Waals surface area contributed by atoms with Crippen LogP contribution in [0.3, 0.4) is 0 Å². The Morgan fingerprint density at radius 3 is 2.73 bits per heavy atom. The van der Waals surface area contributed by atoms with Crippen molar-refractivity contribution in [2.75, 3.05) is 38.2 Å². The van der Waals surface area contributed by atoms with E-state index in [4.69, 9.17) is 4.74 Å². The van der Waals surface area contributed by atoms with Crippen molar-refractivity contribution in [1.82, 2.24) is 4.90 Å². The molecule has 1 aliphatic rings. The fourth-order valence-corrected chi connectivity index (χ4v) is 3.21. The molecular formula is C18H28N2O2. The average Bonchev–Trinajstić information content (AvgIpc) is 2.56. The van der Waals surface area contributed by atoms with Crippen molar-refractivity contribution >= 4 is 11.6 Å². The quantitative estimate of drug-likeness (QED) is 0.838. The van der Waals surface area contributed by atoms with Crippen LogP contribution in [0, 0.1) is 12.8 Å². The molecule has 2 rings (SSSR count). The summed E-state index contributed by atoms with van der Waals surface area (Å²) in [5.41, 5.74) is 2.29. The Morgan fingerprint density at radius 1 is 1.36 bits per heavy atom. The van der Waals surface area contributed by atoms with E-state index in [0.717, 1.165) is 56.0 Å². The van der Waals surface area contributed by atoms with Crippen LogP contribution >= 0.6 is 0 Å². The molecule has 1 fully saturated rings. The molecule has 0 aliphatic carbocycles. The number of methoxy groups -OCH3 is 1. The second kappa shape index (κ2) is 7.52. The summed E-state index contributed by atoms with van der Waals surface area (Å²) in [6.07, 6.45) is 2.06. The van der Waals surface area contributed by atoms with E-state index in [9.17, 15) is 4.79 Å². The lowest BCUT2D eigenvalue weighted by molar-refractivity contribution is -0.135. The van der Waals surface area contributed by atoms with E-state index in [1.807, 2.05) is 25.7 Å². The van der Waals surface area contributed by atoms with Gasteiger partial charge in [-0.1, -0.05) is 6.07 Å². The van der Waals surface area contributed by atoms with E-state index in [-0.39, 0.29) is 5.92 Å². The molecule has 0 spiro atoms. The van der Waals surface area contributed by atoms with E-state index in [2.05, 4.69) is 23.1 Å². The smallest absolute Gasteiger partial charge is 0.227 e. The molecule has 1 aliphatic heterocycles. The van der Waals surface area contributed by atoms with Crippen LogP contribution in [-0.4, -0.2) is 44.1 Å².